The van der Waals surface area contributed by atoms with E-state index in [1.807, 2.05) is 66.7 Å². The number of carboxylic acids is 1. The molecule has 2 aromatic rings. The molecule has 1 N–H and O–H groups in total. The van der Waals surface area contributed by atoms with Crippen LogP contribution in [0, 0.1) is 5.92 Å². The van der Waals surface area contributed by atoms with Gasteiger partial charge in [0.2, 0.25) is 0 Å². The normalized spacial score (nSPS) is 12.4. The van der Waals surface area contributed by atoms with Crippen LogP contribution in [0.5, 0.6) is 0 Å². The Morgan fingerprint density at radius 2 is 1.90 bits per heavy atom. The van der Waals surface area contributed by atoms with E-state index in [4.69, 9.17) is 0 Å². The lowest BCUT2D eigenvalue weighted by Crippen LogP contribution is -2.15. The van der Waals surface area contributed by atoms with E-state index in [1.165, 1.54) is 0 Å². The van der Waals surface area contributed by atoms with Gasteiger partial charge < -0.3 is 5.11 Å². The summed E-state index contributed by atoms with van der Waals surface area (Å²) in [6.07, 6.45) is 4.97. The lowest BCUT2D eigenvalue weighted by atomic mass is 9.96. The highest BCUT2D eigenvalue weighted by molar-refractivity contribution is 9.10. The van der Waals surface area contributed by atoms with Crippen molar-refractivity contribution in [3.05, 3.63) is 76.3 Å². The molecule has 2 aromatic carbocycles. The minimum absolute atomic E-state index is 0.403. The molecule has 21 heavy (non-hydrogen) atoms. The molecule has 0 saturated carbocycles. The van der Waals surface area contributed by atoms with Crippen molar-refractivity contribution in [2.75, 3.05) is 0 Å². The van der Waals surface area contributed by atoms with Gasteiger partial charge in [0.15, 0.2) is 0 Å². The third kappa shape index (κ3) is 5.20. The van der Waals surface area contributed by atoms with Crippen LogP contribution in [0.3, 0.4) is 0 Å². The molecule has 0 fully saturated rings. The van der Waals surface area contributed by atoms with Gasteiger partial charge in [0.25, 0.3) is 0 Å². The number of aliphatic carboxylic acids is 1. The predicted molar refractivity (Wildman–Crippen MR) is 89.1 cm³/mol. The number of benzene rings is 2. The van der Waals surface area contributed by atoms with Crippen LogP contribution in [0.4, 0.5) is 0 Å². The highest BCUT2D eigenvalue weighted by Crippen LogP contribution is 2.18. The maximum absolute atomic E-state index is 11.4. The molecule has 0 saturated heterocycles. The average molecular weight is 345 g/mol. The molecule has 1 unspecified atom stereocenters. The molecular formula is C18H17BrO2. The van der Waals surface area contributed by atoms with E-state index in [-0.39, 0.29) is 0 Å². The molecule has 108 valence electrons. The van der Waals surface area contributed by atoms with Gasteiger partial charge in [-0.25, -0.2) is 0 Å². The maximum Gasteiger partial charge on any atom is 0.307 e. The fourth-order valence-electron chi connectivity index (χ4n) is 2.15. The Kier molecular flexibility index (Phi) is 5.76. The van der Waals surface area contributed by atoms with Crippen molar-refractivity contribution in [3.63, 3.8) is 0 Å². The summed E-state index contributed by atoms with van der Waals surface area (Å²) in [6.45, 7) is 0. The molecule has 0 bridgehead atoms. The summed E-state index contributed by atoms with van der Waals surface area (Å²) in [6, 6.07) is 17.7. The Labute approximate surface area is 133 Å². The summed E-state index contributed by atoms with van der Waals surface area (Å²) >= 11 is 3.41. The zero-order valence-corrected chi connectivity index (χ0v) is 13.2. The molecule has 0 spiro atoms. The summed E-state index contributed by atoms with van der Waals surface area (Å²) in [5, 5.41) is 9.36. The second-order valence-corrected chi connectivity index (χ2v) is 5.83. The zero-order chi connectivity index (χ0) is 15.1. The molecule has 0 aromatic heterocycles. The third-order valence-corrected chi connectivity index (χ3v) is 3.74. The zero-order valence-electron chi connectivity index (χ0n) is 11.6. The quantitative estimate of drug-likeness (QED) is 0.817. The molecule has 2 rings (SSSR count). The number of carboxylic acid groups (broad SMARTS) is 1. The van der Waals surface area contributed by atoms with Gasteiger partial charge in [-0.3, -0.25) is 4.79 Å². The molecule has 3 heteroatoms. The first-order chi connectivity index (χ1) is 10.1. The largest absolute Gasteiger partial charge is 0.481 e. The molecule has 0 aliphatic carbocycles. The van der Waals surface area contributed by atoms with Crippen molar-refractivity contribution in [1.82, 2.24) is 0 Å². The summed E-state index contributed by atoms with van der Waals surface area (Å²) < 4.78 is 0.976. The maximum atomic E-state index is 11.4. The molecule has 1 atom stereocenters. The van der Waals surface area contributed by atoms with Gasteiger partial charge in [-0.2, -0.15) is 0 Å². The highest BCUT2D eigenvalue weighted by atomic mass is 79.9. The number of hydrogen-bond donors (Lipinski definition) is 1. The van der Waals surface area contributed by atoms with E-state index in [2.05, 4.69) is 15.9 Å². The monoisotopic (exact) mass is 344 g/mol. The predicted octanol–water partition coefficient (Wildman–Crippen LogP) is 4.80. The standard InChI is InChI=1S/C18H17BrO2/c19-17-11-5-9-15(13-17)12-16(18(20)21)10-4-8-14-6-2-1-3-7-14/h1-9,11,13,16H,10,12H2,(H,20,21). The van der Waals surface area contributed by atoms with Crippen LogP contribution in [-0.2, 0) is 11.2 Å². The smallest absolute Gasteiger partial charge is 0.307 e. The van der Waals surface area contributed by atoms with E-state index < -0.39 is 11.9 Å². The van der Waals surface area contributed by atoms with Crippen LogP contribution in [0.15, 0.2) is 65.1 Å². The van der Waals surface area contributed by atoms with Crippen LogP contribution < -0.4 is 0 Å². The number of hydrogen-bond acceptors (Lipinski definition) is 1. The number of halogens is 1. The van der Waals surface area contributed by atoms with E-state index in [9.17, 15) is 9.90 Å². The van der Waals surface area contributed by atoms with Gasteiger partial charge in [0.05, 0.1) is 5.92 Å². The summed E-state index contributed by atoms with van der Waals surface area (Å²) in [7, 11) is 0. The molecule has 0 amide bonds. The fraction of sp³-hybridized carbons (Fsp3) is 0.167. The Balaban J connectivity index is 2.00. The molecule has 0 aliphatic heterocycles. The van der Waals surface area contributed by atoms with Crippen LogP contribution >= 0.6 is 15.9 Å². The van der Waals surface area contributed by atoms with Crippen LogP contribution in [0.1, 0.15) is 17.5 Å². The van der Waals surface area contributed by atoms with E-state index in [0.717, 1.165) is 15.6 Å². The number of carbonyl (C=O) groups is 1. The lowest BCUT2D eigenvalue weighted by Gasteiger charge is -2.10. The van der Waals surface area contributed by atoms with Crippen molar-refractivity contribution < 1.29 is 9.90 Å². The SMILES string of the molecule is O=C(O)C(CC=Cc1ccccc1)Cc1cccc(Br)c1. The summed E-state index contributed by atoms with van der Waals surface area (Å²) in [5.74, 6) is -1.16. The van der Waals surface area contributed by atoms with Gasteiger partial charge in [0.1, 0.15) is 0 Å². The Morgan fingerprint density at radius 3 is 2.57 bits per heavy atom. The average Bonchev–Trinajstić information content (AvgIpc) is 2.47. The second-order valence-electron chi connectivity index (χ2n) is 4.92. The summed E-state index contributed by atoms with van der Waals surface area (Å²) in [4.78, 5) is 11.4. The first-order valence-electron chi connectivity index (χ1n) is 6.84. The molecule has 0 radical (unpaired) electrons. The van der Waals surface area contributed by atoms with Crippen molar-refractivity contribution in [1.29, 1.82) is 0 Å². The third-order valence-electron chi connectivity index (χ3n) is 3.25. The van der Waals surface area contributed by atoms with E-state index in [1.54, 1.807) is 0 Å². The molecule has 0 aliphatic rings. The molecule has 2 nitrogen and oxygen atoms in total. The Hall–Kier alpha value is -1.87. The van der Waals surface area contributed by atoms with Gasteiger partial charge in [0, 0.05) is 4.47 Å². The first kappa shape index (κ1) is 15.5. The van der Waals surface area contributed by atoms with Crippen molar-refractivity contribution >= 4 is 28.0 Å². The van der Waals surface area contributed by atoms with Crippen molar-refractivity contribution in [3.8, 4) is 0 Å². The first-order valence-corrected chi connectivity index (χ1v) is 7.63. The molecular weight excluding hydrogens is 328 g/mol. The second kappa shape index (κ2) is 7.79. The van der Waals surface area contributed by atoms with E-state index >= 15 is 0 Å². The Bertz CT molecular complexity index is 620. The lowest BCUT2D eigenvalue weighted by molar-refractivity contribution is -0.141. The van der Waals surface area contributed by atoms with Crippen molar-refractivity contribution in [2.45, 2.75) is 12.8 Å². The van der Waals surface area contributed by atoms with Crippen LogP contribution in [-0.4, -0.2) is 11.1 Å². The minimum Gasteiger partial charge on any atom is -0.481 e. The van der Waals surface area contributed by atoms with Crippen LogP contribution in [0.2, 0.25) is 0 Å². The van der Waals surface area contributed by atoms with Crippen LogP contribution in [0.25, 0.3) is 6.08 Å². The number of allylic oxidation sites excluding steroid dienone is 1. The highest BCUT2D eigenvalue weighted by Gasteiger charge is 2.16. The van der Waals surface area contributed by atoms with Gasteiger partial charge >= 0.3 is 5.97 Å². The van der Waals surface area contributed by atoms with Gasteiger partial charge in [-0.05, 0) is 36.1 Å². The number of rotatable bonds is 6. The topological polar surface area (TPSA) is 37.3 Å². The van der Waals surface area contributed by atoms with Gasteiger partial charge in [-0.15, -0.1) is 0 Å². The minimum atomic E-state index is -0.757. The van der Waals surface area contributed by atoms with E-state index in [0.29, 0.717) is 12.8 Å². The summed E-state index contributed by atoms with van der Waals surface area (Å²) in [5.41, 5.74) is 2.12. The van der Waals surface area contributed by atoms with Gasteiger partial charge in [-0.1, -0.05) is 70.5 Å². The fourth-order valence-corrected chi connectivity index (χ4v) is 2.60. The van der Waals surface area contributed by atoms with Crippen molar-refractivity contribution in [2.24, 2.45) is 5.92 Å². The Morgan fingerprint density at radius 1 is 1.14 bits per heavy atom. The molecule has 0 heterocycles.